The minimum absolute atomic E-state index is 0.0410. The quantitative estimate of drug-likeness (QED) is 0.817. The summed E-state index contributed by atoms with van der Waals surface area (Å²) in [5.41, 5.74) is 3.18. The van der Waals surface area contributed by atoms with Gasteiger partial charge < -0.3 is 10.6 Å². The van der Waals surface area contributed by atoms with Crippen molar-refractivity contribution in [1.82, 2.24) is 20.4 Å². The van der Waals surface area contributed by atoms with Crippen molar-refractivity contribution in [2.24, 2.45) is 0 Å². The molecule has 0 bridgehead atoms. The lowest BCUT2D eigenvalue weighted by Crippen LogP contribution is -2.40. The second-order valence-corrected chi connectivity index (χ2v) is 7.48. The molecule has 3 rings (SSSR count). The fraction of sp³-hybridized carbons (Fsp3) is 0.429. The molecule has 148 valence electrons. The smallest absolute Gasteiger partial charge is 0.267 e. The lowest BCUT2D eigenvalue weighted by Gasteiger charge is -2.25. The number of nitrogens with zero attached hydrogens (tertiary/aromatic N) is 2. The van der Waals surface area contributed by atoms with E-state index in [2.05, 4.69) is 29.6 Å². The second kappa shape index (κ2) is 8.37. The molecular formula is C21H26N4O3. The molecule has 1 aliphatic rings. The van der Waals surface area contributed by atoms with Crippen molar-refractivity contribution in [3.8, 4) is 0 Å². The average Bonchev–Trinajstić information content (AvgIpc) is 2.68. The highest BCUT2D eigenvalue weighted by atomic mass is 16.2. The molecule has 1 unspecified atom stereocenters. The van der Waals surface area contributed by atoms with Gasteiger partial charge in [0.05, 0.1) is 5.69 Å². The molecule has 0 fully saturated rings. The largest absolute Gasteiger partial charge is 0.358 e. The molecule has 0 saturated carbocycles. The Hall–Kier alpha value is -2.96. The maximum Gasteiger partial charge on any atom is 0.267 e. The summed E-state index contributed by atoms with van der Waals surface area (Å²) in [4.78, 5) is 36.3. The van der Waals surface area contributed by atoms with Crippen LogP contribution in [0.15, 0.2) is 35.1 Å². The van der Waals surface area contributed by atoms with E-state index in [-0.39, 0.29) is 30.0 Å². The number of aryl methyl sites for hydroxylation is 1. The van der Waals surface area contributed by atoms with Gasteiger partial charge in [-0.15, -0.1) is 0 Å². The van der Waals surface area contributed by atoms with Crippen molar-refractivity contribution >= 4 is 11.8 Å². The van der Waals surface area contributed by atoms with Gasteiger partial charge >= 0.3 is 0 Å². The van der Waals surface area contributed by atoms with Gasteiger partial charge in [-0.25, -0.2) is 4.68 Å². The predicted molar refractivity (Wildman–Crippen MR) is 106 cm³/mol. The van der Waals surface area contributed by atoms with E-state index in [4.69, 9.17) is 0 Å². The van der Waals surface area contributed by atoms with Crippen molar-refractivity contribution in [1.29, 1.82) is 0 Å². The first kappa shape index (κ1) is 19.8. The highest BCUT2D eigenvalue weighted by molar-refractivity contribution is 5.94. The van der Waals surface area contributed by atoms with E-state index in [1.807, 2.05) is 24.3 Å². The van der Waals surface area contributed by atoms with Crippen molar-refractivity contribution in [2.75, 3.05) is 7.05 Å². The van der Waals surface area contributed by atoms with Crippen molar-refractivity contribution in [3.05, 3.63) is 63.1 Å². The van der Waals surface area contributed by atoms with Crippen LogP contribution in [0.5, 0.6) is 0 Å². The number of amides is 2. The minimum Gasteiger partial charge on any atom is -0.358 e. The highest BCUT2D eigenvalue weighted by Gasteiger charge is 2.23. The summed E-state index contributed by atoms with van der Waals surface area (Å²) < 4.78 is 1.19. The van der Waals surface area contributed by atoms with Gasteiger partial charge in [0.2, 0.25) is 5.91 Å². The fourth-order valence-electron chi connectivity index (χ4n) is 3.37. The first-order valence-corrected chi connectivity index (χ1v) is 9.58. The Bertz CT molecular complexity index is 932. The predicted octanol–water partition coefficient (Wildman–Crippen LogP) is 1.40. The molecule has 7 nitrogen and oxygen atoms in total. The van der Waals surface area contributed by atoms with E-state index < -0.39 is 0 Å². The summed E-state index contributed by atoms with van der Waals surface area (Å²) in [6, 6.07) is 9.14. The van der Waals surface area contributed by atoms with Gasteiger partial charge in [-0.2, -0.15) is 5.10 Å². The summed E-state index contributed by atoms with van der Waals surface area (Å²) in [7, 11) is 1.52. The Morgan fingerprint density at radius 2 is 1.96 bits per heavy atom. The van der Waals surface area contributed by atoms with Crippen molar-refractivity contribution in [2.45, 2.75) is 51.6 Å². The summed E-state index contributed by atoms with van der Waals surface area (Å²) in [6.07, 6.45) is 1.96. The van der Waals surface area contributed by atoms with E-state index in [9.17, 15) is 14.4 Å². The number of hydrogen-bond donors (Lipinski definition) is 2. The second-order valence-electron chi connectivity index (χ2n) is 7.48. The summed E-state index contributed by atoms with van der Waals surface area (Å²) in [5, 5.41) is 9.88. The van der Waals surface area contributed by atoms with Crippen molar-refractivity contribution < 1.29 is 9.59 Å². The van der Waals surface area contributed by atoms with Crippen LogP contribution < -0.4 is 16.2 Å². The van der Waals surface area contributed by atoms with Gasteiger partial charge in [0, 0.05) is 24.7 Å². The molecule has 7 heteroatoms. The lowest BCUT2D eigenvalue weighted by molar-refractivity contribution is -0.121. The molecule has 2 aromatic rings. The van der Waals surface area contributed by atoms with Gasteiger partial charge in [-0.05, 0) is 48.4 Å². The third-order valence-corrected chi connectivity index (χ3v) is 5.11. The number of fused-ring (bicyclic) bond motifs is 1. The Kier molecular flexibility index (Phi) is 5.92. The van der Waals surface area contributed by atoms with Gasteiger partial charge in [0.15, 0.2) is 0 Å². The number of likely N-dealkylation sites (N-methyl/N-ethyl adjacent to an activating group) is 1. The average molecular weight is 382 g/mol. The molecule has 1 heterocycles. The number of nitrogens with one attached hydrogen (secondary N) is 2. The molecule has 28 heavy (non-hydrogen) atoms. The molecule has 0 radical (unpaired) electrons. The zero-order valence-corrected chi connectivity index (χ0v) is 16.5. The standard InChI is InChI=1S/C21H26N4O3/c1-13(2)14-4-6-15(7-5-14)21(28)23-17-8-9-18-16(10-17)11-20(27)25(24-18)12-19(26)22-3/h4-7,11,13,17H,8-10,12H2,1-3H3,(H,22,26)(H,23,28). The fourth-order valence-corrected chi connectivity index (χ4v) is 3.37. The number of rotatable bonds is 5. The number of carbonyl (C=O) groups excluding carboxylic acids is 2. The molecule has 0 spiro atoms. The first-order valence-electron chi connectivity index (χ1n) is 9.58. The van der Waals surface area contributed by atoms with Crippen LogP contribution in [0.1, 0.15) is 53.4 Å². The first-order chi connectivity index (χ1) is 13.4. The number of carbonyl (C=O) groups is 2. The zero-order chi connectivity index (χ0) is 20.3. The maximum atomic E-state index is 12.5. The van der Waals surface area contributed by atoms with Crippen molar-refractivity contribution in [3.63, 3.8) is 0 Å². The van der Waals surface area contributed by atoms with Crippen LogP contribution in [0.2, 0.25) is 0 Å². The molecule has 1 aromatic heterocycles. The van der Waals surface area contributed by atoms with Gasteiger partial charge in [0.25, 0.3) is 11.5 Å². The van der Waals surface area contributed by atoms with Crippen LogP contribution in [0.3, 0.4) is 0 Å². The van der Waals surface area contributed by atoms with Crippen LogP contribution >= 0.6 is 0 Å². The SMILES string of the molecule is CNC(=O)Cn1nc2c(cc1=O)CC(NC(=O)c1ccc(C(C)C)cc1)CC2. The zero-order valence-electron chi connectivity index (χ0n) is 16.5. The van der Waals surface area contributed by atoms with Crippen LogP contribution in [0.4, 0.5) is 0 Å². The van der Waals surface area contributed by atoms with Crippen LogP contribution in [-0.4, -0.2) is 34.7 Å². The highest BCUT2D eigenvalue weighted by Crippen LogP contribution is 2.19. The summed E-state index contributed by atoms with van der Waals surface area (Å²) in [5.74, 6) is 0.0514. The molecule has 0 saturated heterocycles. The van der Waals surface area contributed by atoms with E-state index in [1.165, 1.54) is 23.4 Å². The monoisotopic (exact) mass is 382 g/mol. The maximum absolute atomic E-state index is 12.5. The molecule has 1 aromatic carbocycles. The van der Waals surface area contributed by atoms with Crippen LogP contribution in [0, 0.1) is 0 Å². The van der Waals surface area contributed by atoms with E-state index in [0.29, 0.717) is 24.3 Å². The topological polar surface area (TPSA) is 93.1 Å². The van der Waals surface area contributed by atoms with Crippen LogP contribution in [-0.2, 0) is 24.2 Å². The van der Waals surface area contributed by atoms with E-state index >= 15 is 0 Å². The molecule has 0 aliphatic heterocycles. The van der Waals surface area contributed by atoms with Gasteiger partial charge in [-0.1, -0.05) is 26.0 Å². The number of benzene rings is 1. The molecule has 1 aliphatic carbocycles. The van der Waals surface area contributed by atoms with Gasteiger partial charge in [-0.3, -0.25) is 14.4 Å². The van der Waals surface area contributed by atoms with Gasteiger partial charge in [0.1, 0.15) is 6.54 Å². The summed E-state index contributed by atoms with van der Waals surface area (Å²) >= 11 is 0. The molecular weight excluding hydrogens is 356 g/mol. The summed E-state index contributed by atoms with van der Waals surface area (Å²) in [6.45, 7) is 4.14. The molecule has 2 N–H and O–H groups in total. The third kappa shape index (κ3) is 4.47. The number of hydrogen-bond acceptors (Lipinski definition) is 4. The Labute approximate surface area is 164 Å². The lowest BCUT2D eigenvalue weighted by atomic mass is 9.92. The van der Waals surface area contributed by atoms with E-state index in [0.717, 1.165) is 17.7 Å². The molecule has 2 amide bonds. The molecule has 1 atom stereocenters. The Morgan fingerprint density at radius 3 is 2.61 bits per heavy atom. The number of aromatic nitrogens is 2. The minimum atomic E-state index is -0.307. The van der Waals surface area contributed by atoms with E-state index in [1.54, 1.807) is 0 Å². The Balaban J connectivity index is 1.68. The van der Waals surface area contributed by atoms with Crippen LogP contribution in [0.25, 0.3) is 0 Å². The normalized spacial score (nSPS) is 15.8. The Morgan fingerprint density at radius 1 is 1.25 bits per heavy atom. The third-order valence-electron chi connectivity index (χ3n) is 5.11.